The van der Waals surface area contributed by atoms with Gasteiger partial charge in [0.05, 0.1) is 0 Å². The average Bonchev–Trinajstić information content (AvgIpc) is 2.27. The highest BCUT2D eigenvalue weighted by atomic mass is 16.1. The van der Waals surface area contributed by atoms with E-state index in [-0.39, 0.29) is 11.3 Å². The number of carbonyl (C=O) groups excluding carboxylic acids is 1. The van der Waals surface area contributed by atoms with Crippen molar-refractivity contribution < 1.29 is 4.79 Å². The smallest absolute Gasteiger partial charge is 0.251 e. The lowest BCUT2D eigenvalue weighted by Gasteiger charge is -2.18. The maximum absolute atomic E-state index is 11.9. The molecule has 0 unspecified atom stereocenters. The first-order valence-corrected chi connectivity index (χ1v) is 5.98. The Kier molecular flexibility index (Phi) is 4.55. The first kappa shape index (κ1) is 13.6. The molecule has 1 aromatic rings. The number of rotatable bonds is 4. The highest BCUT2D eigenvalue weighted by Gasteiger charge is 2.11. The number of hydrogen-bond donors (Lipinski definition) is 2. The van der Waals surface area contributed by atoms with Crippen molar-refractivity contribution in [2.24, 2.45) is 5.41 Å². The molecular weight excluding hydrogens is 212 g/mol. The standard InChI is InChI=1S/C14H22N2O/c1-14(2,3)8-9-16-13(17)11-6-5-7-12(10-11)15-4/h5-7,10,15H,8-9H2,1-4H3,(H,16,17). The average molecular weight is 234 g/mol. The molecule has 1 amide bonds. The number of hydrogen-bond acceptors (Lipinski definition) is 2. The second-order valence-corrected chi connectivity index (χ2v) is 5.40. The van der Waals surface area contributed by atoms with Crippen molar-refractivity contribution >= 4 is 11.6 Å². The van der Waals surface area contributed by atoms with Gasteiger partial charge in [0.2, 0.25) is 0 Å². The second kappa shape index (κ2) is 5.71. The zero-order valence-electron chi connectivity index (χ0n) is 11.1. The molecule has 0 saturated carbocycles. The van der Waals surface area contributed by atoms with Crippen LogP contribution in [0.3, 0.4) is 0 Å². The van der Waals surface area contributed by atoms with E-state index in [1.807, 2.05) is 31.3 Å². The number of anilines is 1. The first-order chi connectivity index (χ1) is 7.92. The summed E-state index contributed by atoms with van der Waals surface area (Å²) in [6.45, 7) is 7.22. The minimum Gasteiger partial charge on any atom is -0.388 e. The summed E-state index contributed by atoms with van der Waals surface area (Å²) in [6.07, 6.45) is 0.977. The van der Waals surface area contributed by atoms with Crippen molar-refractivity contribution in [3.8, 4) is 0 Å². The van der Waals surface area contributed by atoms with Crippen molar-refractivity contribution in [3.63, 3.8) is 0 Å². The molecule has 0 spiro atoms. The van der Waals surface area contributed by atoms with Crippen LogP contribution in [0.25, 0.3) is 0 Å². The third-order valence-electron chi connectivity index (χ3n) is 2.57. The number of amides is 1. The van der Waals surface area contributed by atoms with Crippen LogP contribution in [0, 0.1) is 5.41 Å². The molecule has 0 aromatic heterocycles. The predicted octanol–water partition coefficient (Wildman–Crippen LogP) is 2.89. The molecule has 17 heavy (non-hydrogen) atoms. The van der Waals surface area contributed by atoms with Gasteiger partial charge in [0.15, 0.2) is 0 Å². The minimum absolute atomic E-state index is 0.00801. The SMILES string of the molecule is CNc1cccc(C(=O)NCCC(C)(C)C)c1. The molecule has 3 heteroatoms. The van der Waals surface area contributed by atoms with Crippen LogP contribution in [-0.4, -0.2) is 19.5 Å². The summed E-state index contributed by atoms with van der Waals surface area (Å²) in [5.74, 6) is -0.00801. The lowest BCUT2D eigenvalue weighted by atomic mass is 9.92. The van der Waals surface area contributed by atoms with Crippen LogP contribution in [0.4, 0.5) is 5.69 Å². The van der Waals surface area contributed by atoms with Gasteiger partial charge in [-0.05, 0) is 30.0 Å². The molecule has 0 fully saturated rings. The fourth-order valence-corrected chi connectivity index (χ4v) is 1.47. The van der Waals surface area contributed by atoms with Gasteiger partial charge in [-0.3, -0.25) is 4.79 Å². The van der Waals surface area contributed by atoms with Crippen LogP contribution in [-0.2, 0) is 0 Å². The van der Waals surface area contributed by atoms with Crippen molar-refractivity contribution in [1.82, 2.24) is 5.32 Å². The van der Waals surface area contributed by atoms with Crippen LogP contribution >= 0.6 is 0 Å². The summed E-state index contributed by atoms with van der Waals surface area (Å²) in [6, 6.07) is 7.50. The molecule has 0 aliphatic carbocycles. The molecule has 0 bridgehead atoms. The highest BCUT2D eigenvalue weighted by Crippen LogP contribution is 2.17. The predicted molar refractivity (Wildman–Crippen MR) is 72.4 cm³/mol. The Balaban J connectivity index is 2.52. The van der Waals surface area contributed by atoms with Gasteiger partial charge >= 0.3 is 0 Å². The number of carbonyl (C=O) groups is 1. The van der Waals surface area contributed by atoms with Gasteiger partial charge < -0.3 is 10.6 Å². The Morgan fingerprint density at radius 1 is 1.29 bits per heavy atom. The quantitative estimate of drug-likeness (QED) is 0.841. The van der Waals surface area contributed by atoms with E-state index in [9.17, 15) is 4.79 Å². The second-order valence-electron chi connectivity index (χ2n) is 5.40. The van der Waals surface area contributed by atoms with Crippen LogP contribution in [0.1, 0.15) is 37.6 Å². The third-order valence-corrected chi connectivity index (χ3v) is 2.57. The molecule has 0 atom stereocenters. The molecule has 0 aliphatic rings. The lowest BCUT2D eigenvalue weighted by Crippen LogP contribution is -2.27. The normalized spacial score (nSPS) is 11.1. The van der Waals surface area contributed by atoms with Crippen molar-refractivity contribution in [2.75, 3.05) is 18.9 Å². The van der Waals surface area contributed by atoms with Crippen LogP contribution in [0.2, 0.25) is 0 Å². The zero-order valence-corrected chi connectivity index (χ0v) is 11.1. The molecule has 0 radical (unpaired) electrons. The van der Waals surface area contributed by atoms with E-state index in [1.54, 1.807) is 0 Å². The van der Waals surface area contributed by atoms with E-state index in [2.05, 4.69) is 31.4 Å². The maximum atomic E-state index is 11.9. The fraction of sp³-hybridized carbons (Fsp3) is 0.500. The Morgan fingerprint density at radius 3 is 2.59 bits per heavy atom. The van der Waals surface area contributed by atoms with Gasteiger partial charge in [0.1, 0.15) is 0 Å². The van der Waals surface area contributed by atoms with Crippen LogP contribution < -0.4 is 10.6 Å². The molecule has 3 nitrogen and oxygen atoms in total. The highest BCUT2D eigenvalue weighted by molar-refractivity contribution is 5.95. The summed E-state index contributed by atoms with van der Waals surface area (Å²) in [5, 5.41) is 5.96. The largest absolute Gasteiger partial charge is 0.388 e. The van der Waals surface area contributed by atoms with Crippen molar-refractivity contribution in [1.29, 1.82) is 0 Å². The fourth-order valence-electron chi connectivity index (χ4n) is 1.47. The van der Waals surface area contributed by atoms with E-state index in [1.165, 1.54) is 0 Å². The Labute approximate surface area is 104 Å². The van der Waals surface area contributed by atoms with Crippen LogP contribution in [0.5, 0.6) is 0 Å². The molecular formula is C14H22N2O. The van der Waals surface area contributed by atoms with E-state index in [0.717, 1.165) is 12.1 Å². The Bertz CT molecular complexity index is 380. The Morgan fingerprint density at radius 2 is 2.00 bits per heavy atom. The summed E-state index contributed by atoms with van der Waals surface area (Å²) in [7, 11) is 1.84. The van der Waals surface area contributed by atoms with Crippen molar-refractivity contribution in [3.05, 3.63) is 29.8 Å². The molecule has 0 aliphatic heterocycles. The van der Waals surface area contributed by atoms with Gasteiger partial charge in [-0.25, -0.2) is 0 Å². The summed E-state index contributed by atoms with van der Waals surface area (Å²) < 4.78 is 0. The van der Waals surface area contributed by atoms with Crippen molar-refractivity contribution in [2.45, 2.75) is 27.2 Å². The van der Waals surface area contributed by atoms with Gasteiger partial charge in [0.25, 0.3) is 5.91 Å². The molecule has 2 N–H and O–H groups in total. The van der Waals surface area contributed by atoms with E-state index < -0.39 is 0 Å². The monoisotopic (exact) mass is 234 g/mol. The van der Waals surface area contributed by atoms with E-state index in [4.69, 9.17) is 0 Å². The van der Waals surface area contributed by atoms with Gasteiger partial charge in [-0.1, -0.05) is 26.8 Å². The van der Waals surface area contributed by atoms with Gasteiger partial charge in [-0.15, -0.1) is 0 Å². The summed E-state index contributed by atoms with van der Waals surface area (Å²) in [4.78, 5) is 11.9. The minimum atomic E-state index is -0.00801. The van der Waals surface area contributed by atoms with Crippen LogP contribution in [0.15, 0.2) is 24.3 Å². The molecule has 1 aromatic carbocycles. The first-order valence-electron chi connectivity index (χ1n) is 5.98. The van der Waals surface area contributed by atoms with E-state index >= 15 is 0 Å². The summed E-state index contributed by atoms with van der Waals surface area (Å²) in [5.41, 5.74) is 1.90. The molecule has 94 valence electrons. The number of nitrogens with one attached hydrogen (secondary N) is 2. The van der Waals surface area contributed by atoms with Gasteiger partial charge in [-0.2, -0.15) is 0 Å². The summed E-state index contributed by atoms with van der Waals surface area (Å²) >= 11 is 0. The van der Waals surface area contributed by atoms with Gasteiger partial charge in [0, 0.05) is 24.8 Å². The van der Waals surface area contributed by atoms with E-state index in [0.29, 0.717) is 12.1 Å². The third kappa shape index (κ3) is 4.89. The lowest BCUT2D eigenvalue weighted by molar-refractivity contribution is 0.0949. The topological polar surface area (TPSA) is 41.1 Å². The molecule has 1 rings (SSSR count). The zero-order chi connectivity index (χ0) is 12.9. The molecule has 0 heterocycles. The Hall–Kier alpha value is -1.51. The maximum Gasteiger partial charge on any atom is 0.251 e. The molecule has 0 saturated heterocycles. The number of benzene rings is 1.